The smallest absolute Gasteiger partial charge is 0.263 e. The molecule has 0 saturated heterocycles. The highest BCUT2D eigenvalue weighted by Gasteiger charge is 2.14. The predicted molar refractivity (Wildman–Crippen MR) is 97.2 cm³/mol. The van der Waals surface area contributed by atoms with Gasteiger partial charge in [0.05, 0.1) is 11.7 Å². The highest BCUT2D eigenvalue weighted by molar-refractivity contribution is 7.17. The number of aromatic nitrogens is 2. The van der Waals surface area contributed by atoms with Crippen LogP contribution in [-0.2, 0) is 11.3 Å². The lowest BCUT2D eigenvalue weighted by Crippen LogP contribution is -2.32. The van der Waals surface area contributed by atoms with Crippen molar-refractivity contribution in [3.8, 4) is 11.1 Å². The SMILES string of the molecule is CCCCNC(=O)Cn1cnc2scc(-c3ccccc3)c2c1=O. The van der Waals surface area contributed by atoms with Gasteiger partial charge < -0.3 is 5.32 Å². The average Bonchev–Trinajstić information content (AvgIpc) is 3.03. The standard InChI is InChI=1S/C18H19N3O2S/c1-2-3-9-19-15(22)10-21-12-20-17-16(18(21)23)14(11-24-17)13-7-5-4-6-8-13/h4-8,11-12H,2-3,9-10H2,1H3,(H,19,22). The van der Waals surface area contributed by atoms with Gasteiger partial charge in [0.1, 0.15) is 11.4 Å². The van der Waals surface area contributed by atoms with Gasteiger partial charge in [0, 0.05) is 17.5 Å². The van der Waals surface area contributed by atoms with Crippen molar-refractivity contribution in [2.24, 2.45) is 0 Å². The van der Waals surface area contributed by atoms with Gasteiger partial charge in [-0.3, -0.25) is 14.2 Å². The molecule has 0 saturated carbocycles. The molecule has 0 fully saturated rings. The molecular weight excluding hydrogens is 322 g/mol. The second-order valence-corrected chi connectivity index (χ2v) is 6.43. The van der Waals surface area contributed by atoms with Crippen molar-refractivity contribution in [3.05, 3.63) is 52.4 Å². The monoisotopic (exact) mass is 341 g/mol. The molecule has 0 atom stereocenters. The molecule has 0 aliphatic carbocycles. The molecule has 6 heteroatoms. The molecular formula is C18H19N3O2S. The predicted octanol–water partition coefficient (Wildman–Crippen LogP) is 3.04. The highest BCUT2D eigenvalue weighted by Crippen LogP contribution is 2.30. The molecule has 3 rings (SSSR count). The second-order valence-electron chi connectivity index (χ2n) is 5.58. The Kier molecular flexibility index (Phi) is 5.05. The van der Waals surface area contributed by atoms with Crippen LogP contribution >= 0.6 is 11.3 Å². The summed E-state index contributed by atoms with van der Waals surface area (Å²) in [6, 6.07) is 9.75. The first-order valence-corrected chi connectivity index (χ1v) is 8.87. The van der Waals surface area contributed by atoms with Gasteiger partial charge in [-0.25, -0.2) is 4.98 Å². The van der Waals surface area contributed by atoms with E-state index in [1.807, 2.05) is 35.7 Å². The topological polar surface area (TPSA) is 64.0 Å². The summed E-state index contributed by atoms with van der Waals surface area (Å²) in [5.41, 5.74) is 1.67. The molecule has 124 valence electrons. The minimum absolute atomic E-state index is 0.00440. The van der Waals surface area contributed by atoms with Crippen LogP contribution in [0.2, 0.25) is 0 Å². The number of carbonyl (C=O) groups is 1. The zero-order chi connectivity index (χ0) is 16.9. The van der Waals surface area contributed by atoms with E-state index in [0.29, 0.717) is 16.8 Å². The Morgan fingerprint density at radius 2 is 2.08 bits per heavy atom. The molecule has 1 N–H and O–H groups in total. The van der Waals surface area contributed by atoms with Crippen LogP contribution in [0.5, 0.6) is 0 Å². The summed E-state index contributed by atoms with van der Waals surface area (Å²) < 4.78 is 1.38. The Balaban J connectivity index is 1.93. The Morgan fingerprint density at radius 3 is 2.83 bits per heavy atom. The number of rotatable bonds is 6. The molecule has 0 aliphatic rings. The fourth-order valence-corrected chi connectivity index (χ4v) is 3.43. The summed E-state index contributed by atoms with van der Waals surface area (Å²) in [6.07, 6.45) is 3.40. The summed E-state index contributed by atoms with van der Waals surface area (Å²) in [6.45, 7) is 2.69. The molecule has 0 radical (unpaired) electrons. The molecule has 0 aliphatic heterocycles. The summed E-state index contributed by atoms with van der Waals surface area (Å²) >= 11 is 1.44. The molecule has 2 aromatic heterocycles. The Morgan fingerprint density at radius 1 is 1.29 bits per heavy atom. The number of thiophene rings is 1. The summed E-state index contributed by atoms with van der Waals surface area (Å²) in [4.78, 5) is 29.8. The molecule has 5 nitrogen and oxygen atoms in total. The number of amides is 1. The van der Waals surface area contributed by atoms with Crippen molar-refractivity contribution in [1.29, 1.82) is 0 Å². The van der Waals surface area contributed by atoms with Crippen molar-refractivity contribution in [3.63, 3.8) is 0 Å². The van der Waals surface area contributed by atoms with Crippen LogP contribution in [0.4, 0.5) is 0 Å². The third-order valence-electron chi connectivity index (χ3n) is 3.81. The third-order valence-corrected chi connectivity index (χ3v) is 4.70. The largest absolute Gasteiger partial charge is 0.355 e. The molecule has 2 heterocycles. The molecule has 1 amide bonds. The number of hydrogen-bond donors (Lipinski definition) is 1. The first-order valence-electron chi connectivity index (χ1n) is 7.99. The van der Waals surface area contributed by atoms with E-state index in [4.69, 9.17) is 0 Å². The van der Waals surface area contributed by atoms with E-state index in [9.17, 15) is 9.59 Å². The van der Waals surface area contributed by atoms with Crippen LogP contribution < -0.4 is 10.9 Å². The number of carbonyl (C=O) groups excluding carboxylic acids is 1. The Labute approximate surface area is 144 Å². The van der Waals surface area contributed by atoms with Crippen molar-refractivity contribution in [2.45, 2.75) is 26.3 Å². The Hall–Kier alpha value is -2.47. The molecule has 0 unspecified atom stereocenters. The van der Waals surface area contributed by atoms with Gasteiger partial charge in [-0.1, -0.05) is 43.7 Å². The summed E-state index contributed by atoms with van der Waals surface area (Å²) in [7, 11) is 0. The summed E-state index contributed by atoms with van der Waals surface area (Å²) in [5, 5.41) is 5.35. The number of nitrogens with one attached hydrogen (secondary N) is 1. The zero-order valence-corrected chi connectivity index (χ0v) is 14.3. The molecule has 0 bridgehead atoms. The maximum absolute atomic E-state index is 12.8. The first-order chi connectivity index (χ1) is 11.7. The van der Waals surface area contributed by atoms with Gasteiger partial charge in [0.2, 0.25) is 5.91 Å². The quantitative estimate of drug-likeness (QED) is 0.701. The van der Waals surface area contributed by atoms with Crippen molar-refractivity contribution < 1.29 is 4.79 Å². The van der Waals surface area contributed by atoms with Gasteiger partial charge in [-0.05, 0) is 12.0 Å². The maximum atomic E-state index is 12.8. The van der Waals surface area contributed by atoms with E-state index in [2.05, 4.69) is 17.2 Å². The van der Waals surface area contributed by atoms with E-state index >= 15 is 0 Å². The molecule has 24 heavy (non-hydrogen) atoms. The normalized spacial score (nSPS) is 10.9. The fraction of sp³-hybridized carbons (Fsp3) is 0.278. The van der Waals surface area contributed by atoms with E-state index in [0.717, 1.165) is 24.0 Å². The lowest BCUT2D eigenvalue weighted by atomic mass is 10.1. The molecule has 3 aromatic rings. The van der Waals surface area contributed by atoms with E-state index in [-0.39, 0.29) is 18.0 Å². The van der Waals surface area contributed by atoms with Crippen molar-refractivity contribution >= 4 is 27.5 Å². The van der Waals surface area contributed by atoms with Gasteiger partial charge in [-0.2, -0.15) is 0 Å². The van der Waals surface area contributed by atoms with Crippen LogP contribution in [0.15, 0.2) is 46.8 Å². The van der Waals surface area contributed by atoms with Gasteiger partial charge in [-0.15, -0.1) is 11.3 Å². The van der Waals surface area contributed by atoms with E-state index < -0.39 is 0 Å². The van der Waals surface area contributed by atoms with Gasteiger partial charge >= 0.3 is 0 Å². The fourth-order valence-electron chi connectivity index (χ4n) is 2.53. The van der Waals surface area contributed by atoms with Crippen LogP contribution in [-0.4, -0.2) is 22.0 Å². The number of nitrogens with zero attached hydrogens (tertiary/aromatic N) is 2. The van der Waals surface area contributed by atoms with Crippen molar-refractivity contribution in [2.75, 3.05) is 6.54 Å². The number of benzene rings is 1. The van der Waals surface area contributed by atoms with Crippen LogP contribution in [0.25, 0.3) is 21.3 Å². The van der Waals surface area contributed by atoms with Gasteiger partial charge in [0.15, 0.2) is 0 Å². The van der Waals surface area contributed by atoms with Crippen LogP contribution in [0.3, 0.4) is 0 Å². The first kappa shape index (κ1) is 16.4. The highest BCUT2D eigenvalue weighted by atomic mass is 32.1. The van der Waals surface area contributed by atoms with Crippen LogP contribution in [0, 0.1) is 0 Å². The lowest BCUT2D eigenvalue weighted by molar-refractivity contribution is -0.121. The van der Waals surface area contributed by atoms with Gasteiger partial charge in [0.25, 0.3) is 5.56 Å². The van der Waals surface area contributed by atoms with Crippen LogP contribution in [0.1, 0.15) is 19.8 Å². The summed E-state index contributed by atoms with van der Waals surface area (Å²) in [5.74, 6) is -0.164. The van der Waals surface area contributed by atoms with E-state index in [1.54, 1.807) is 0 Å². The minimum atomic E-state index is -0.175. The average molecular weight is 341 g/mol. The third kappa shape index (κ3) is 3.38. The second kappa shape index (κ2) is 7.40. The Bertz CT molecular complexity index is 900. The number of hydrogen-bond acceptors (Lipinski definition) is 4. The molecule has 0 spiro atoms. The minimum Gasteiger partial charge on any atom is -0.355 e. The molecule has 1 aromatic carbocycles. The zero-order valence-electron chi connectivity index (χ0n) is 13.5. The number of unbranched alkanes of at least 4 members (excludes halogenated alkanes) is 1. The van der Waals surface area contributed by atoms with Crippen molar-refractivity contribution in [1.82, 2.24) is 14.9 Å². The van der Waals surface area contributed by atoms with E-state index in [1.165, 1.54) is 22.2 Å². The number of fused-ring (bicyclic) bond motifs is 1. The lowest BCUT2D eigenvalue weighted by Gasteiger charge is -2.07. The maximum Gasteiger partial charge on any atom is 0.263 e.